The number of fused-ring (bicyclic) bond motifs is 1. The third kappa shape index (κ3) is 4.82. The summed E-state index contributed by atoms with van der Waals surface area (Å²) in [7, 11) is 1.60. The van der Waals surface area contributed by atoms with Gasteiger partial charge in [0.05, 0.1) is 25.0 Å². The van der Waals surface area contributed by atoms with Crippen LogP contribution in [0.25, 0.3) is 5.57 Å². The quantitative estimate of drug-likeness (QED) is 0.321. The van der Waals surface area contributed by atoms with Crippen LogP contribution in [-0.4, -0.2) is 52.5 Å². The molecular weight excluding hydrogens is 681 g/mol. The van der Waals surface area contributed by atoms with Crippen LogP contribution in [0.15, 0.2) is 64.3 Å². The fraction of sp³-hybridized carbons (Fsp3) is 0.333. The number of allylic oxidation sites excluding steroid dienone is 1. The van der Waals surface area contributed by atoms with Crippen LogP contribution in [0.3, 0.4) is 0 Å². The van der Waals surface area contributed by atoms with Crippen molar-refractivity contribution in [3.05, 3.63) is 85.4 Å². The van der Waals surface area contributed by atoms with Gasteiger partial charge < -0.3 is 14.2 Å². The number of benzene rings is 1. The molecule has 0 radical (unpaired) electrons. The molecule has 0 bridgehead atoms. The van der Waals surface area contributed by atoms with Gasteiger partial charge in [0.2, 0.25) is 0 Å². The number of ether oxygens (including phenoxy) is 1. The van der Waals surface area contributed by atoms with Crippen molar-refractivity contribution in [2.75, 3.05) is 26.3 Å². The van der Waals surface area contributed by atoms with Crippen molar-refractivity contribution in [3.8, 4) is 0 Å². The minimum absolute atomic E-state index is 0.0302. The molecule has 1 aromatic heterocycles. The Hall–Kier alpha value is -1.38. The zero-order valence-electron chi connectivity index (χ0n) is 18.4. The normalized spacial score (nSPS) is 22.9. The fourth-order valence-corrected chi connectivity index (χ4v) is 6.75. The lowest BCUT2D eigenvalue weighted by Crippen LogP contribution is -2.38. The first kappa shape index (κ1) is 24.3. The molecule has 0 N–H and O–H groups in total. The number of pyridine rings is 1. The Morgan fingerprint density at radius 3 is 2.74 bits per heavy atom. The second kappa shape index (κ2) is 10.3. The summed E-state index contributed by atoms with van der Waals surface area (Å²) >= 11 is 4.36. The van der Waals surface area contributed by atoms with Gasteiger partial charge in [0.25, 0.3) is 5.56 Å². The first-order valence-corrected chi connectivity index (χ1v) is 15.4. The second-order valence-corrected chi connectivity index (χ2v) is 11.4. The van der Waals surface area contributed by atoms with E-state index in [-0.39, 0.29) is 29.5 Å². The Morgan fingerprint density at radius 2 is 2.03 bits per heavy atom. The first-order chi connectivity index (χ1) is 16.4. The van der Waals surface area contributed by atoms with Gasteiger partial charge in [-0.2, -0.15) is 0 Å². The Bertz CT molecular complexity index is 1220. The molecule has 6 nitrogen and oxygen atoms in total. The van der Waals surface area contributed by atoms with E-state index in [1.54, 1.807) is 19.8 Å². The highest BCUT2D eigenvalue weighted by Crippen LogP contribution is 2.43. The maximum absolute atomic E-state index is 13.9. The zero-order valence-corrected chi connectivity index (χ0v) is 23.5. The van der Waals surface area contributed by atoms with Gasteiger partial charge in [-0.25, -0.2) is 4.39 Å². The van der Waals surface area contributed by atoms with E-state index in [4.69, 9.17) is 9.73 Å². The van der Waals surface area contributed by atoms with Crippen LogP contribution >= 0.6 is 52.9 Å². The standard InChI is InChI=1S/C24H23FI2N4O2S/c1-15(17-8-18(25)11-19(26)9-17)30-3-2-16(10-23(30)32)22-14-31(34-27)24-21(22)12-20(13-28-24)29-4-6-33-7-5-29/h2-3,8-15,21,24H,4-7H2,1H3. The average molecular weight is 704 g/mol. The van der Waals surface area contributed by atoms with Crippen LogP contribution in [0.1, 0.15) is 24.1 Å². The molecule has 4 heterocycles. The molecule has 2 aromatic rings. The van der Waals surface area contributed by atoms with Gasteiger partial charge in [0.15, 0.2) is 0 Å². The highest BCUT2D eigenvalue weighted by molar-refractivity contribution is 14.2. The van der Waals surface area contributed by atoms with E-state index < -0.39 is 0 Å². The molecule has 178 valence electrons. The molecule has 5 rings (SSSR count). The van der Waals surface area contributed by atoms with Crippen molar-refractivity contribution in [1.29, 1.82) is 0 Å². The number of hydrogen-bond acceptors (Lipinski definition) is 6. The first-order valence-electron chi connectivity index (χ1n) is 11.0. The lowest BCUT2D eigenvalue weighted by molar-refractivity contribution is 0.0562. The van der Waals surface area contributed by atoms with Gasteiger partial charge in [-0.3, -0.25) is 14.1 Å². The highest BCUT2D eigenvalue weighted by Gasteiger charge is 2.37. The number of nitrogens with zero attached hydrogens (tertiary/aromatic N) is 4. The van der Waals surface area contributed by atoms with Gasteiger partial charge in [-0.1, -0.05) is 0 Å². The van der Waals surface area contributed by atoms with Crippen molar-refractivity contribution >= 4 is 64.7 Å². The predicted octanol–water partition coefficient (Wildman–Crippen LogP) is 5.10. The SMILES string of the molecule is CC(c1cc(F)cc(I)c1)n1ccc(C2=CN(SI)C3N=CC(N4CCOCC4)=CC23)cc1=O. The fourth-order valence-electron chi connectivity index (χ4n) is 4.63. The van der Waals surface area contributed by atoms with Crippen LogP contribution < -0.4 is 5.56 Å². The Balaban J connectivity index is 1.45. The molecule has 3 unspecified atom stereocenters. The number of morpholine rings is 1. The van der Waals surface area contributed by atoms with Gasteiger partial charge in [0.1, 0.15) is 12.0 Å². The minimum Gasteiger partial charge on any atom is -0.378 e. The molecular formula is C24H23FI2N4O2S. The van der Waals surface area contributed by atoms with Crippen LogP contribution in [0.5, 0.6) is 0 Å². The molecule has 3 aliphatic heterocycles. The Kier molecular flexibility index (Phi) is 7.38. The number of hydrogen-bond donors (Lipinski definition) is 0. The van der Waals surface area contributed by atoms with Crippen molar-refractivity contribution in [2.24, 2.45) is 10.9 Å². The maximum Gasteiger partial charge on any atom is 0.251 e. The average Bonchev–Trinajstić information content (AvgIpc) is 3.21. The van der Waals surface area contributed by atoms with E-state index in [2.05, 4.69) is 65.3 Å². The number of halogens is 3. The molecule has 0 saturated carbocycles. The molecule has 1 fully saturated rings. The smallest absolute Gasteiger partial charge is 0.251 e. The Labute approximate surface area is 227 Å². The summed E-state index contributed by atoms with van der Waals surface area (Å²) in [6, 6.07) is 8.27. The molecule has 34 heavy (non-hydrogen) atoms. The lowest BCUT2D eigenvalue weighted by atomic mass is 9.91. The van der Waals surface area contributed by atoms with E-state index in [1.807, 2.05) is 31.5 Å². The van der Waals surface area contributed by atoms with Crippen LogP contribution in [-0.2, 0) is 4.74 Å². The summed E-state index contributed by atoms with van der Waals surface area (Å²) in [5, 5.41) is 0. The van der Waals surface area contributed by atoms with E-state index in [9.17, 15) is 9.18 Å². The summed E-state index contributed by atoms with van der Waals surface area (Å²) in [5.41, 5.74) is 3.73. The van der Waals surface area contributed by atoms with E-state index in [1.165, 1.54) is 12.1 Å². The molecule has 1 aromatic carbocycles. The monoisotopic (exact) mass is 704 g/mol. The van der Waals surface area contributed by atoms with Crippen LogP contribution in [0.4, 0.5) is 4.39 Å². The molecule has 0 spiro atoms. The lowest BCUT2D eigenvalue weighted by Gasteiger charge is -2.33. The highest BCUT2D eigenvalue weighted by atomic mass is 127. The van der Waals surface area contributed by atoms with Crippen LogP contribution in [0, 0.1) is 15.3 Å². The third-order valence-corrected chi connectivity index (χ3v) is 8.91. The molecule has 1 saturated heterocycles. The number of rotatable bonds is 5. The largest absolute Gasteiger partial charge is 0.378 e. The maximum atomic E-state index is 13.9. The van der Waals surface area contributed by atoms with Crippen molar-refractivity contribution in [2.45, 2.75) is 19.1 Å². The van der Waals surface area contributed by atoms with Gasteiger partial charge in [-0.05, 0) is 76.6 Å². The molecule has 0 aliphatic carbocycles. The van der Waals surface area contributed by atoms with Crippen molar-refractivity contribution in [3.63, 3.8) is 0 Å². The van der Waals surface area contributed by atoms with Crippen molar-refractivity contribution in [1.82, 2.24) is 13.8 Å². The summed E-state index contributed by atoms with van der Waals surface area (Å²) < 4.78 is 24.0. The third-order valence-electron chi connectivity index (χ3n) is 6.44. The molecule has 3 aliphatic rings. The predicted molar refractivity (Wildman–Crippen MR) is 151 cm³/mol. The second-order valence-electron chi connectivity index (χ2n) is 8.46. The molecule has 3 atom stereocenters. The molecule has 10 heteroatoms. The summed E-state index contributed by atoms with van der Waals surface area (Å²) in [6.45, 7) is 5.06. The Morgan fingerprint density at radius 1 is 1.24 bits per heavy atom. The summed E-state index contributed by atoms with van der Waals surface area (Å²) in [5.74, 6) is -0.236. The number of aliphatic imine (C=N–C) groups is 1. The van der Waals surface area contributed by atoms with Crippen molar-refractivity contribution < 1.29 is 9.13 Å². The van der Waals surface area contributed by atoms with E-state index in [0.29, 0.717) is 0 Å². The number of dihydropyridines is 1. The van der Waals surface area contributed by atoms with Crippen LogP contribution in [0.2, 0.25) is 0 Å². The van der Waals surface area contributed by atoms with Gasteiger partial charge in [-0.15, -0.1) is 0 Å². The summed E-state index contributed by atoms with van der Waals surface area (Å²) in [6.07, 6.45) is 8.11. The van der Waals surface area contributed by atoms with Gasteiger partial charge >= 0.3 is 0 Å². The zero-order chi connectivity index (χ0) is 23.8. The summed E-state index contributed by atoms with van der Waals surface area (Å²) in [4.78, 5) is 20.3. The molecule has 0 amide bonds. The minimum atomic E-state index is -0.294. The van der Waals surface area contributed by atoms with E-state index >= 15 is 0 Å². The van der Waals surface area contributed by atoms with E-state index in [0.717, 1.165) is 52.3 Å². The topological polar surface area (TPSA) is 50.1 Å². The number of aromatic nitrogens is 1. The van der Waals surface area contributed by atoms with Gasteiger partial charge in [0, 0.05) is 77.6 Å².